The van der Waals surface area contributed by atoms with Crippen LogP contribution in [0.5, 0.6) is 5.75 Å². The molecule has 1 aliphatic rings. The van der Waals surface area contributed by atoms with Crippen LogP contribution in [0, 0.1) is 0 Å². The minimum atomic E-state index is -0.00192. The highest BCUT2D eigenvalue weighted by molar-refractivity contribution is 7.09. The topological polar surface area (TPSA) is 68.5 Å². The van der Waals surface area contributed by atoms with E-state index in [9.17, 15) is 4.79 Å². The molecule has 1 aromatic heterocycles. The SMILES string of the molecule is COc1ccccc1C1CCCN1C(=O)c1csc(CCN)n1.Cl. The molecule has 1 amide bonds. The summed E-state index contributed by atoms with van der Waals surface area (Å²) in [6, 6.07) is 7.97. The quantitative estimate of drug-likeness (QED) is 0.881. The fourth-order valence-corrected chi connectivity index (χ4v) is 3.86. The van der Waals surface area contributed by atoms with Gasteiger partial charge < -0.3 is 15.4 Å². The number of aromatic nitrogens is 1. The van der Waals surface area contributed by atoms with Crippen molar-refractivity contribution in [3.8, 4) is 5.75 Å². The summed E-state index contributed by atoms with van der Waals surface area (Å²) in [4.78, 5) is 19.2. The number of para-hydroxylation sites is 1. The van der Waals surface area contributed by atoms with Gasteiger partial charge in [0.2, 0.25) is 0 Å². The summed E-state index contributed by atoms with van der Waals surface area (Å²) in [6.07, 6.45) is 2.66. The third-order valence-electron chi connectivity index (χ3n) is 4.14. The summed E-state index contributed by atoms with van der Waals surface area (Å²) < 4.78 is 5.46. The normalized spacial score (nSPS) is 16.8. The van der Waals surface area contributed by atoms with Crippen molar-refractivity contribution in [2.24, 2.45) is 5.73 Å². The maximum absolute atomic E-state index is 12.8. The van der Waals surface area contributed by atoms with Gasteiger partial charge in [-0.3, -0.25) is 4.79 Å². The number of nitrogens with zero attached hydrogens (tertiary/aromatic N) is 2. The number of carbonyl (C=O) groups excluding carboxylic acids is 1. The average molecular weight is 368 g/mol. The van der Waals surface area contributed by atoms with Crippen LogP contribution in [-0.2, 0) is 6.42 Å². The van der Waals surface area contributed by atoms with E-state index < -0.39 is 0 Å². The molecule has 0 radical (unpaired) electrons. The van der Waals surface area contributed by atoms with Crippen LogP contribution < -0.4 is 10.5 Å². The zero-order chi connectivity index (χ0) is 16.2. The van der Waals surface area contributed by atoms with Crippen LogP contribution in [-0.4, -0.2) is 36.0 Å². The van der Waals surface area contributed by atoms with Crippen molar-refractivity contribution >= 4 is 29.7 Å². The Morgan fingerprint density at radius 3 is 3.00 bits per heavy atom. The predicted octanol–water partition coefficient (Wildman–Crippen LogP) is 3.05. The lowest BCUT2D eigenvalue weighted by atomic mass is 10.0. The van der Waals surface area contributed by atoms with Crippen LogP contribution in [0.2, 0.25) is 0 Å². The van der Waals surface area contributed by atoms with Crippen molar-refractivity contribution in [2.75, 3.05) is 20.2 Å². The van der Waals surface area contributed by atoms with Crippen LogP contribution in [0.1, 0.15) is 39.9 Å². The summed E-state index contributed by atoms with van der Waals surface area (Å²) in [7, 11) is 1.67. The summed E-state index contributed by atoms with van der Waals surface area (Å²) >= 11 is 1.50. The van der Waals surface area contributed by atoms with E-state index in [1.807, 2.05) is 34.5 Å². The number of hydrogen-bond acceptors (Lipinski definition) is 5. The second-order valence-electron chi connectivity index (χ2n) is 5.56. The number of hydrogen-bond donors (Lipinski definition) is 1. The second-order valence-corrected chi connectivity index (χ2v) is 6.51. The summed E-state index contributed by atoms with van der Waals surface area (Å²) in [6.45, 7) is 1.31. The third kappa shape index (κ3) is 3.71. The number of halogens is 1. The van der Waals surface area contributed by atoms with Gasteiger partial charge in [0, 0.05) is 23.9 Å². The fourth-order valence-electron chi connectivity index (χ4n) is 3.07. The monoisotopic (exact) mass is 367 g/mol. The molecule has 1 saturated heterocycles. The standard InChI is InChI=1S/C17H21N3O2S.ClH/c1-22-15-7-3-2-5-12(15)14-6-4-10-20(14)17(21)13-11-23-16(19-13)8-9-18;/h2-3,5,7,11,14H,4,6,8-10,18H2,1H3;1H. The number of ether oxygens (including phenoxy) is 1. The molecular formula is C17H22ClN3O2S. The van der Waals surface area contributed by atoms with E-state index in [2.05, 4.69) is 4.98 Å². The number of thiazole rings is 1. The van der Waals surface area contributed by atoms with Gasteiger partial charge in [-0.05, 0) is 25.5 Å². The summed E-state index contributed by atoms with van der Waals surface area (Å²) in [5.41, 5.74) is 7.15. The van der Waals surface area contributed by atoms with E-state index in [0.717, 1.165) is 35.7 Å². The fraction of sp³-hybridized carbons (Fsp3) is 0.412. The molecule has 1 atom stereocenters. The third-order valence-corrected chi connectivity index (χ3v) is 5.05. The molecule has 1 unspecified atom stereocenters. The minimum absolute atomic E-state index is 0. The molecule has 1 fully saturated rings. The second kappa shape index (κ2) is 8.46. The molecule has 0 saturated carbocycles. The molecule has 24 heavy (non-hydrogen) atoms. The highest BCUT2D eigenvalue weighted by Gasteiger charge is 2.33. The van der Waals surface area contributed by atoms with Gasteiger partial charge in [0.15, 0.2) is 0 Å². The molecule has 5 nitrogen and oxygen atoms in total. The zero-order valence-electron chi connectivity index (χ0n) is 13.6. The summed E-state index contributed by atoms with van der Waals surface area (Å²) in [5, 5.41) is 2.76. The lowest BCUT2D eigenvalue weighted by Crippen LogP contribution is -2.31. The van der Waals surface area contributed by atoms with Crippen molar-refractivity contribution in [1.29, 1.82) is 0 Å². The van der Waals surface area contributed by atoms with Gasteiger partial charge in [0.1, 0.15) is 11.4 Å². The van der Waals surface area contributed by atoms with Crippen LogP contribution in [0.4, 0.5) is 0 Å². The van der Waals surface area contributed by atoms with Gasteiger partial charge in [-0.25, -0.2) is 4.98 Å². The minimum Gasteiger partial charge on any atom is -0.496 e. The van der Waals surface area contributed by atoms with Crippen molar-refractivity contribution in [3.05, 3.63) is 45.9 Å². The first-order valence-electron chi connectivity index (χ1n) is 7.83. The van der Waals surface area contributed by atoms with E-state index in [1.54, 1.807) is 7.11 Å². The molecule has 0 aliphatic carbocycles. The number of amides is 1. The molecule has 1 aliphatic heterocycles. The Morgan fingerprint density at radius 1 is 1.46 bits per heavy atom. The largest absolute Gasteiger partial charge is 0.496 e. The highest BCUT2D eigenvalue weighted by Crippen LogP contribution is 2.37. The maximum Gasteiger partial charge on any atom is 0.273 e. The first-order valence-corrected chi connectivity index (χ1v) is 8.71. The van der Waals surface area contributed by atoms with E-state index in [0.29, 0.717) is 18.7 Å². The Bertz CT molecular complexity index is 692. The Labute approximate surface area is 152 Å². The lowest BCUT2D eigenvalue weighted by Gasteiger charge is -2.25. The zero-order valence-corrected chi connectivity index (χ0v) is 15.2. The predicted molar refractivity (Wildman–Crippen MR) is 98.1 cm³/mol. The average Bonchev–Trinajstić information content (AvgIpc) is 3.24. The van der Waals surface area contributed by atoms with Gasteiger partial charge in [0.05, 0.1) is 18.2 Å². The maximum atomic E-state index is 12.8. The van der Waals surface area contributed by atoms with E-state index in [4.69, 9.17) is 10.5 Å². The first kappa shape index (κ1) is 18.7. The molecule has 2 N–H and O–H groups in total. The first-order chi connectivity index (χ1) is 11.2. The number of nitrogens with two attached hydrogens (primary N) is 1. The number of benzene rings is 1. The van der Waals surface area contributed by atoms with Gasteiger partial charge in [-0.15, -0.1) is 23.7 Å². The number of carbonyl (C=O) groups is 1. The van der Waals surface area contributed by atoms with E-state index in [-0.39, 0.29) is 24.4 Å². The lowest BCUT2D eigenvalue weighted by molar-refractivity contribution is 0.0729. The van der Waals surface area contributed by atoms with Crippen molar-refractivity contribution in [3.63, 3.8) is 0 Å². The summed E-state index contributed by atoms with van der Waals surface area (Å²) in [5.74, 6) is 0.831. The highest BCUT2D eigenvalue weighted by atomic mass is 35.5. The molecule has 2 aromatic rings. The van der Waals surface area contributed by atoms with Crippen LogP contribution in [0.15, 0.2) is 29.6 Å². The van der Waals surface area contributed by atoms with Gasteiger partial charge in [0.25, 0.3) is 5.91 Å². The molecule has 1 aromatic carbocycles. The molecule has 0 spiro atoms. The number of rotatable bonds is 5. The van der Waals surface area contributed by atoms with Gasteiger partial charge in [-0.2, -0.15) is 0 Å². The van der Waals surface area contributed by atoms with Crippen molar-refractivity contribution in [2.45, 2.75) is 25.3 Å². The molecule has 3 rings (SSSR count). The molecular weight excluding hydrogens is 346 g/mol. The van der Waals surface area contributed by atoms with E-state index >= 15 is 0 Å². The molecule has 0 bridgehead atoms. The van der Waals surface area contributed by atoms with Crippen LogP contribution >= 0.6 is 23.7 Å². The molecule has 7 heteroatoms. The van der Waals surface area contributed by atoms with Crippen molar-refractivity contribution in [1.82, 2.24) is 9.88 Å². The Kier molecular flexibility index (Phi) is 6.60. The Balaban J connectivity index is 0.00000208. The van der Waals surface area contributed by atoms with Gasteiger partial charge in [-0.1, -0.05) is 18.2 Å². The van der Waals surface area contributed by atoms with Crippen LogP contribution in [0.25, 0.3) is 0 Å². The number of methoxy groups -OCH3 is 1. The number of likely N-dealkylation sites (tertiary alicyclic amines) is 1. The van der Waals surface area contributed by atoms with Crippen LogP contribution in [0.3, 0.4) is 0 Å². The smallest absolute Gasteiger partial charge is 0.273 e. The van der Waals surface area contributed by atoms with E-state index in [1.165, 1.54) is 11.3 Å². The van der Waals surface area contributed by atoms with Gasteiger partial charge >= 0.3 is 0 Å². The van der Waals surface area contributed by atoms with Crippen molar-refractivity contribution < 1.29 is 9.53 Å². The Morgan fingerprint density at radius 2 is 2.25 bits per heavy atom. The Hall–Kier alpha value is -1.63. The molecule has 130 valence electrons. The molecule has 2 heterocycles.